The van der Waals surface area contributed by atoms with Crippen molar-refractivity contribution in [1.82, 2.24) is 0 Å². The molecule has 2 spiro atoms. The van der Waals surface area contributed by atoms with E-state index in [2.05, 4.69) is 154 Å². The van der Waals surface area contributed by atoms with Crippen LogP contribution in [0.25, 0.3) is 0 Å². The number of hydrogen-bond acceptors (Lipinski definition) is 2. The average Bonchev–Trinajstić information content (AvgIpc) is 3.92. The molecule has 0 saturated carbocycles. The summed E-state index contributed by atoms with van der Waals surface area (Å²) in [7, 11) is 0. The van der Waals surface area contributed by atoms with Gasteiger partial charge in [-0.25, -0.2) is 0 Å². The van der Waals surface area contributed by atoms with Gasteiger partial charge in [0.1, 0.15) is 11.5 Å². The molecule has 0 radical (unpaired) electrons. The van der Waals surface area contributed by atoms with Crippen molar-refractivity contribution < 1.29 is 9.47 Å². The van der Waals surface area contributed by atoms with Gasteiger partial charge < -0.3 is 9.47 Å². The highest BCUT2D eigenvalue weighted by molar-refractivity contribution is 5.89. The molecular formula is C76H86O2. The molecule has 78 heavy (non-hydrogen) atoms. The minimum atomic E-state index is -0.112. The summed E-state index contributed by atoms with van der Waals surface area (Å²) in [6, 6.07) is 41.9. The van der Waals surface area contributed by atoms with Crippen LogP contribution in [0.2, 0.25) is 0 Å². The first-order valence-corrected chi connectivity index (χ1v) is 31.6. The van der Waals surface area contributed by atoms with Crippen LogP contribution in [0.1, 0.15) is 288 Å². The summed E-state index contributed by atoms with van der Waals surface area (Å²) in [5, 5.41) is 0. The van der Waals surface area contributed by atoms with Crippen LogP contribution in [0.3, 0.4) is 0 Å². The van der Waals surface area contributed by atoms with Crippen LogP contribution in [0.5, 0.6) is 11.5 Å². The molecule has 6 atom stereocenters. The van der Waals surface area contributed by atoms with Crippen molar-refractivity contribution in [2.45, 2.75) is 216 Å². The molecule has 12 rings (SSSR count). The number of ether oxygens (including phenoxy) is 2. The third-order valence-electron chi connectivity index (χ3n) is 19.9. The van der Waals surface area contributed by atoms with E-state index in [0.717, 1.165) is 42.1 Å². The van der Waals surface area contributed by atoms with Crippen LogP contribution in [-0.4, -0.2) is 13.2 Å². The summed E-state index contributed by atoms with van der Waals surface area (Å²) in [4.78, 5) is 0. The third kappa shape index (κ3) is 8.69. The maximum Gasteiger partial charge on any atom is 0.135 e. The Morgan fingerprint density at radius 2 is 0.692 bits per heavy atom. The van der Waals surface area contributed by atoms with Gasteiger partial charge in [-0.2, -0.15) is 0 Å². The van der Waals surface area contributed by atoms with E-state index in [4.69, 9.17) is 9.47 Å². The minimum absolute atomic E-state index is 0.112. The second-order valence-electron chi connectivity index (χ2n) is 24.4. The molecule has 6 aromatic carbocycles. The Kier molecular flexibility index (Phi) is 15.8. The zero-order chi connectivity index (χ0) is 53.1. The first-order valence-electron chi connectivity index (χ1n) is 31.6. The van der Waals surface area contributed by atoms with E-state index >= 15 is 0 Å². The molecule has 6 aromatic rings. The lowest BCUT2D eigenvalue weighted by atomic mass is 9.42. The Bertz CT molecular complexity index is 3130. The van der Waals surface area contributed by atoms with Gasteiger partial charge in [-0.3, -0.25) is 0 Å². The molecule has 6 aliphatic carbocycles. The number of unbranched alkanes of at least 4 members (excludes halogenated alkanes) is 22. The number of hydrogen-bond donors (Lipinski definition) is 0. The van der Waals surface area contributed by atoms with Crippen molar-refractivity contribution in [1.29, 1.82) is 0 Å². The van der Waals surface area contributed by atoms with E-state index in [0.29, 0.717) is 6.61 Å². The van der Waals surface area contributed by atoms with Crippen LogP contribution in [0.15, 0.2) is 109 Å². The van der Waals surface area contributed by atoms with E-state index in [1.54, 1.807) is 0 Å². The zero-order valence-electron chi connectivity index (χ0n) is 47.9. The van der Waals surface area contributed by atoms with Crippen molar-refractivity contribution >= 4 is 0 Å². The molecule has 6 unspecified atom stereocenters. The number of fused-ring (bicyclic) bond motifs is 14. The minimum Gasteiger partial charge on any atom is -0.493 e. The van der Waals surface area contributed by atoms with Crippen LogP contribution in [-0.2, 0) is 10.8 Å². The number of benzene rings is 6. The predicted molar refractivity (Wildman–Crippen MR) is 324 cm³/mol. The molecule has 402 valence electrons. The van der Waals surface area contributed by atoms with Gasteiger partial charge in [-0.05, 0) is 111 Å². The summed E-state index contributed by atoms with van der Waals surface area (Å²) in [6.45, 7) is 10.3. The highest BCUT2D eigenvalue weighted by Crippen LogP contribution is 2.82. The fraction of sp³-hybridized carbons (Fsp3) is 0.474. The Labute approximate surface area is 470 Å². The van der Waals surface area contributed by atoms with Gasteiger partial charge in [-0.15, -0.1) is 5.92 Å². The van der Waals surface area contributed by atoms with Gasteiger partial charge in [-0.1, -0.05) is 270 Å². The fourth-order valence-corrected chi connectivity index (χ4v) is 16.4. The lowest BCUT2D eigenvalue weighted by Crippen LogP contribution is -2.53. The lowest BCUT2D eigenvalue weighted by Gasteiger charge is -2.59. The SMILES string of the molecule is CC#Cc1c2c(c(C#Cc3cc(OCCCCCCCCCCCCCC)c(C)cc3OCCCCCCCCCCCCCC)c3c1C1c4ccccc4C14c1ccccc1C34)C1c3ccccc3C13c1ccccc1C23. The predicted octanol–water partition coefficient (Wildman–Crippen LogP) is 19.7. The first kappa shape index (κ1) is 52.7. The topological polar surface area (TPSA) is 18.5 Å². The van der Waals surface area contributed by atoms with E-state index in [9.17, 15) is 0 Å². The normalized spacial score (nSPS) is 21.0. The lowest BCUT2D eigenvalue weighted by molar-refractivity contribution is 0.294. The van der Waals surface area contributed by atoms with Crippen LogP contribution in [0, 0.1) is 30.6 Å². The number of aryl methyl sites for hydroxylation is 1. The second kappa shape index (κ2) is 23.4. The van der Waals surface area contributed by atoms with Gasteiger partial charge in [0.15, 0.2) is 0 Å². The Balaban J connectivity index is 0.887. The van der Waals surface area contributed by atoms with Gasteiger partial charge in [0.05, 0.1) is 18.8 Å². The molecular weight excluding hydrogens is 945 g/mol. The highest BCUT2D eigenvalue weighted by Gasteiger charge is 2.74. The van der Waals surface area contributed by atoms with Crippen molar-refractivity contribution in [2.75, 3.05) is 13.2 Å². The van der Waals surface area contributed by atoms with Gasteiger partial charge >= 0.3 is 0 Å². The molecule has 0 heterocycles. The van der Waals surface area contributed by atoms with Gasteiger partial charge in [0.2, 0.25) is 0 Å². The molecule has 0 aliphatic heterocycles. The van der Waals surface area contributed by atoms with Crippen molar-refractivity contribution in [3.8, 4) is 35.2 Å². The maximum absolute atomic E-state index is 6.90. The molecule has 2 nitrogen and oxygen atoms in total. The van der Waals surface area contributed by atoms with Crippen LogP contribution < -0.4 is 9.47 Å². The Morgan fingerprint density at radius 1 is 0.372 bits per heavy atom. The standard InChI is InChI=1S/C76H86O2/c1-5-8-10-12-14-16-18-20-22-24-26-36-49-77-65-52-54(66(51-53(65)4)78-50-37-27-25-23-21-19-17-15-13-11-9-6-2)47-48-60-69-67(71-55-39-28-32-43-61(55)75(71)63-45-34-30-41-57(63)73(69)75)59(38-7-3)68-70(60)74-58-42-31-35-46-64(58)76(74)62-44-33-29-40-56(62)72(68)76/h28-35,39-46,51-52,71-74H,5-6,8-27,36-37,49-50H2,1-4H3. The van der Waals surface area contributed by atoms with E-state index in [-0.39, 0.29) is 34.5 Å². The highest BCUT2D eigenvalue weighted by atomic mass is 16.5. The molecule has 0 saturated heterocycles. The molecule has 0 fully saturated rings. The smallest absolute Gasteiger partial charge is 0.135 e. The van der Waals surface area contributed by atoms with Gasteiger partial charge in [0.25, 0.3) is 0 Å². The molecule has 0 N–H and O–H groups in total. The molecule has 6 aliphatic rings. The zero-order valence-corrected chi connectivity index (χ0v) is 47.9. The summed E-state index contributed by atoms with van der Waals surface area (Å²) in [6.07, 6.45) is 31.9. The second-order valence-corrected chi connectivity index (χ2v) is 24.4. The van der Waals surface area contributed by atoms with E-state index in [1.807, 2.05) is 6.92 Å². The maximum atomic E-state index is 6.90. The molecule has 0 bridgehead atoms. The van der Waals surface area contributed by atoms with E-state index < -0.39 is 0 Å². The molecule has 0 amide bonds. The average molecular weight is 1030 g/mol. The van der Waals surface area contributed by atoms with Gasteiger partial charge in [0, 0.05) is 45.6 Å². The van der Waals surface area contributed by atoms with Crippen molar-refractivity contribution in [3.05, 3.63) is 198 Å². The summed E-state index contributed by atoms with van der Waals surface area (Å²) >= 11 is 0. The summed E-state index contributed by atoms with van der Waals surface area (Å²) < 4.78 is 13.6. The van der Waals surface area contributed by atoms with Crippen LogP contribution >= 0.6 is 0 Å². The number of rotatable bonds is 28. The quantitative estimate of drug-likeness (QED) is 0.0360. The summed E-state index contributed by atoms with van der Waals surface area (Å²) in [5.41, 5.74) is 21.9. The monoisotopic (exact) mass is 1030 g/mol. The van der Waals surface area contributed by atoms with Crippen molar-refractivity contribution in [3.63, 3.8) is 0 Å². The Morgan fingerprint density at radius 3 is 1.05 bits per heavy atom. The summed E-state index contributed by atoms with van der Waals surface area (Å²) in [5.74, 6) is 18.3. The van der Waals surface area contributed by atoms with Crippen LogP contribution in [0.4, 0.5) is 0 Å². The van der Waals surface area contributed by atoms with Crippen molar-refractivity contribution in [2.24, 2.45) is 0 Å². The Hall–Kier alpha value is -5.96. The largest absolute Gasteiger partial charge is 0.493 e. The molecule has 0 aromatic heterocycles. The first-order chi connectivity index (χ1) is 38.6. The molecule has 2 heteroatoms. The third-order valence-corrected chi connectivity index (χ3v) is 19.9. The van der Waals surface area contributed by atoms with E-state index in [1.165, 1.54) is 219 Å². The fourth-order valence-electron chi connectivity index (χ4n) is 16.4.